The fourth-order valence-electron chi connectivity index (χ4n) is 2.40. The topological polar surface area (TPSA) is 73.8 Å². The molecule has 110 valence electrons. The summed E-state index contributed by atoms with van der Waals surface area (Å²) in [6.07, 6.45) is 2.69. The Hall–Kier alpha value is -1.79. The highest BCUT2D eigenvalue weighted by Gasteiger charge is 2.20. The summed E-state index contributed by atoms with van der Waals surface area (Å²) >= 11 is 3.59. The first-order valence-corrected chi connectivity index (χ1v) is 7.66. The molecular formula is C15H16BrN3O2. The number of H-pyrrole nitrogens is 2. The van der Waals surface area contributed by atoms with E-state index in [-0.39, 0.29) is 11.7 Å². The van der Waals surface area contributed by atoms with E-state index >= 15 is 0 Å². The molecule has 0 aliphatic rings. The molecule has 0 saturated heterocycles. The molecule has 1 aromatic carbocycles. The largest absolute Gasteiger partial charge is 0.467 e. The molecule has 0 fully saturated rings. The van der Waals surface area contributed by atoms with Crippen LogP contribution in [0.15, 0.2) is 44.2 Å². The monoisotopic (exact) mass is 349 g/mol. The minimum atomic E-state index is -0.204. The first kappa shape index (κ1) is 14.2. The third kappa shape index (κ3) is 2.82. The number of furan rings is 1. The van der Waals surface area contributed by atoms with Crippen molar-refractivity contribution in [1.29, 1.82) is 0 Å². The van der Waals surface area contributed by atoms with Gasteiger partial charge in [-0.1, -0.05) is 22.9 Å². The summed E-state index contributed by atoms with van der Waals surface area (Å²) in [5.41, 5.74) is 2.39. The van der Waals surface area contributed by atoms with Gasteiger partial charge in [0.1, 0.15) is 5.76 Å². The van der Waals surface area contributed by atoms with Gasteiger partial charge in [-0.2, -0.15) is 0 Å². The molecule has 0 saturated carbocycles. The van der Waals surface area contributed by atoms with E-state index in [1.165, 1.54) is 0 Å². The van der Waals surface area contributed by atoms with Gasteiger partial charge in [0.2, 0.25) is 0 Å². The number of halogens is 1. The van der Waals surface area contributed by atoms with Crippen molar-refractivity contribution in [3.05, 3.63) is 56.8 Å². The average molecular weight is 350 g/mol. The molecule has 0 radical (unpaired) electrons. The Labute approximate surface area is 129 Å². The molecule has 0 aliphatic heterocycles. The number of imidazole rings is 1. The summed E-state index contributed by atoms with van der Waals surface area (Å²) < 4.78 is 6.48. The predicted molar refractivity (Wildman–Crippen MR) is 85.5 cm³/mol. The molecule has 0 aliphatic carbocycles. The van der Waals surface area contributed by atoms with Gasteiger partial charge in [-0.25, -0.2) is 4.79 Å². The number of benzene rings is 1. The number of hydrogen-bond acceptors (Lipinski definition) is 3. The second-order valence-electron chi connectivity index (χ2n) is 4.90. The second kappa shape index (κ2) is 5.91. The second-order valence-corrected chi connectivity index (χ2v) is 5.76. The fourth-order valence-corrected chi connectivity index (χ4v) is 2.97. The summed E-state index contributed by atoms with van der Waals surface area (Å²) in [6, 6.07) is 7.64. The normalized spacial score (nSPS) is 12.9. The number of hydrogen-bond donors (Lipinski definition) is 3. The highest BCUT2D eigenvalue weighted by molar-refractivity contribution is 9.10. The maximum absolute atomic E-state index is 11.4. The quantitative estimate of drug-likeness (QED) is 0.661. The summed E-state index contributed by atoms with van der Waals surface area (Å²) in [5.74, 6) is 0.849. The minimum Gasteiger partial charge on any atom is -0.467 e. The van der Waals surface area contributed by atoms with E-state index in [2.05, 4.69) is 38.1 Å². The van der Waals surface area contributed by atoms with Gasteiger partial charge in [-0.15, -0.1) is 0 Å². The van der Waals surface area contributed by atoms with Gasteiger partial charge in [0.05, 0.1) is 23.3 Å². The van der Waals surface area contributed by atoms with Crippen LogP contribution in [0.1, 0.15) is 30.7 Å². The first-order chi connectivity index (χ1) is 10.2. The number of nitrogens with one attached hydrogen (secondary N) is 3. The molecule has 3 aromatic rings. The van der Waals surface area contributed by atoms with Gasteiger partial charge in [0, 0.05) is 4.47 Å². The molecule has 3 N–H and O–H groups in total. The standard InChI is InChI=1S/C15H16BrN3O2/c1-2-5-17-14(13-4-3-6-21-13)9-7-11-12(8-10(9)16)19-15(20)18-11/h3-4,6-8,14,17H,2,5H2,1H3,(H2,18,19,20). The van der Waals surface area contributed by atoms with Crippen molar-refractivity contribution >= 4 is 27.0 Å². The van der Waals surface area contributed by atoms with Crippen LogP contribution in [-0.4, -0.2) is 16.5 Å². The lowest BCUT2D eigenvalue weighted by atomic mass is 10.0. The average Bonchev–Trinajstić information content (AvgIpc) is 3.08. The van der Waals surface area contributed by atoms with Crippen LogP contribution in [0.5, 0.6) is 0 Å². The van der Waals surface area contributed by atoms with Gasteiger partial charge < -0.3 is 19.7 Å². The van der Waals surface area contributed by atoms with Gasteiger partial charge in [0.15, 0.2) is 0 Å². The molecule has 1 atom stereocenters. The van der Waals surface area contributed by atoms with Crippen LogP contribution < -0.4 is 11.0 Å². The zero-order valence-electron chi connectivity index (χ0n) is 11.6. The lowest BCUT2D eigenvalue weighted by Crippen LogP contribution is -2.23. The number of aromatic amines is 2. The van der Waals surface area contributed by atoms with Crippen LogP contribution in [0.4, 0.5) is 0 Å². The van der Waals surface area contributed by atoms with Crippen LogP contribution >= 0.6 is 15.9 Å². The zero-order valence-corrected chi connectivity index (χ0v) is 13.2. The molecule has 2 heterocycles. The molecular weight excluding hydrogens is 334 g/mol. The predicted octanol–water partition coefficient (Wildman–Crippen LogP) is 3.30. The van der Waals surface area contributed by atoms with Gasteiger partial charge >= 0.3 is 5.69 Å². The molecule has 0 spiro atoms. The SMILES string of the molecule is CCCNC(c1ccco1)c1cc2[nH]c(=O)[nH]c2cc1Br. The fraction of sp³-hybridized carbons (Fsp3) is 0.267. The van der Waals surface area contributed by atoms with Crippen molar-refractivity contribution in [3.63, 3.8) is 0 Å². The van der Waals surface area contributed by atoms with Crippen LogP contribution in [0, 0.1) is 0 Å². The van der Waals surface area contributed by atoms with Crippen molar-refractivity contribution in [1.82, 2.24) is 15.3 Å². The van der Waals surface area contributed by atoms with Gasteiger partial charge in [-0.05, 0) is 42.8 Å². The number of aromatic nitrogens is 2. The van der Waals surface area contributed by atoms with Crippen molar-refractivity contribution < 1.29 is 4.42 Å². The Kier molecular flexibility index (Phi) is 3.98. The van der Waals surface area contributed by atoms with Gasteiger partial charge in [0.25, 0.3) is 0 Å². The molecule has 0 bridgehead atoms. The van der Waals surface area contributed by atoms with E-state index in [0.29, 0.717) is 0 Å². The molecule has 1 unspecified atom stereocenters. The molecule has 6 heteroatoms. The highest BCUT2D eigenvalue weighted by Crippen LogP contribution is 2.31. The van der Waals surface area contributed by atoms with E-state index in [0.717, 1.165) is 39.8 Å². The van der Waals surface area contributed by atoms with E-state index < -0.39 is 0 Å². The summed E-state index contributed by atoms with van der Waals surface area (Å²) in [6.45, 7) is 2.99. The third-order valence-corrected chi connectivity index (χ3v) is 4.06. The Morgan fingerprint density at radius 2 is 2.10 bits per heavy atom. The smallest absolute Gasteiger partial charge is 0.323 e. The van der Waals surface area contributed by atoms with Crippen molar-refractivity contribution in [3.8, 4) is 0 Å². The third-order valence-electron chi connectivity index (χ3n) is 3.37. The summed E-state index contributed by atoms with van der Waals surface area (Å²) in [4.78, 5) is 17.0. The maximum atomic E-state index is 11.4. The highest BCUT2D eigenvalue weighted by atomic mass is 79.9. The van der Waals surface area contributed by atoms with E-state index in [1.807, 2.05) is 24.3 Å². The zero-order chi connectivity index (χ0) is 14.8. The van der Waals surface area contributed by atoms with Gasteiger partial charge in [-0.3, -0.25) is 0 Å². The van der Waals surface area contributed by atoms with E-state index in [9.17, 15) is 4.79 Å². The van der Waals surface area contributed by atoms with Crippen LogP contribution in [0.3, 0.4) is 0 Å². The maximum Gasteiger partial charge on any atom is 0.323 e. The van der Waals surface area contributed by atoms with E-state index in [4.69, 9.17) is 4.42 Å². The Morgan fingerprint density at radius 3 is 2.76 bits per heavy atom. The lowest BCUT2D eigenvalue weighted by molar-refractivity contribution is 0.446. The molecule has 2 aromatic heterocycles. The van der Waals surface area contributed by atoms with Crippen molar-refractivity contribution in [2.45, 2.75) is 19.4 Å². The lowest BCUT2D eigenvalue weighted by Gasteiger charge is -2.18. The molecule has 3 rings (SSSR count). The molecule has 5 nitrogen and oxygen atoms in total. The van der Waals surface area contributed by atoms with Crippen molar-refractivity contribution in [2.24, 2.45) is 0 Å². The Morgan fingerprint density at radius 1 is 1.33 bits per heavy atom. The summed E-state index contributed by atoms with van der Waals surface area (Å²) in [7, 11) is 0. The minimum absolute atomic E-state index is 0.0582. The van der Waals surface area contributed by atoms with Crippen LogP contribution in [-0.2, 0) is 0 Å². The molecule has 21 heavy (non-hydrogen) atoms. The van der Waals surface area contributed by atoms with Crippen LogP contribution in [0.25, 0.3) is 11.0 Å². The Bertz CT molecular complexity index is 789. The number of rotatable bonds is 5. The van der Waals surface area contributed by atoms with E-state index in [1.54, 1.807) is 6.26 Å². The first-order valence-electron chi connectivity index (χ1n) is 6.87. The summed E-state index contributed by atoms with van der Waals surface area (Å²) in [5, 5.41) is 3.47. The Balaban J connectivity index is 2.09. The van der Waals surface area contributed by atoms with Crippen LogP contribution in [0.2, 0.25) is 0 Å². The van der Waals surface area contributed by atoms with Crippen molar-refractivity contribution in [2.75, 3.05) is 6.54 Å². The molecule has 0 amide bonds. The number of fused-ring (bicyclic) bond motifs is 1.